The third-order valence-corrected chi connectivity index (χ3v) is 4.09. The molecule has 1 aromatic rings. The first-order chi connectivity index (χ1) is 10.8. The number of aliphatic hydroxyl groups is 1. The minimum absolute atomic E-state index is 0.00827. The van der Waals surface area contributed by atoms with Gasteiger partial charge in [0.2, 0.25) is 5.91 Å². The molecule has 0 aliphatic carbocycles. The van der Waals surface area contributed by atoms with Crippen LogP contribution in [-0.4, -0.2) is 51.2 Å². The van der Waals surface area contributed by atoms with E-state index in [9.17, 15) is 14.7 Å². The van der Waals surface area contributed by atoms with E-state index in [1.165, 1.54) is 18.3 Å². The van der Waals surface area contributed by atoms with Crippen LogP contribution in [0.25, 0.3) is 0 Å². The molecule has 1 atom stereocenters. The van der Waals surface area contributed by atoms with Gasteiger partial charge in [0.25, 0.3) is 0 Å². The molecule has 2 rings (SSSR count). The molecule has 1 saturated heterocycles. The molecule has 23 heavy (non-hydrogen) atoms. The number of piperidine rings is 1. The van der Waals surface area contributed by atoms with Crippen molar-refractivity contribution in [1.29, 1.82) is 0 Å². The molecular formula is C15H22N4O4. The molecule has 126 valence electrons. The first-order valence-electron chi connectivity index (χ1n) is 7.53. The summed E-state index contributed by atoms with van der Waals surface area (Å²) in [6.45, 7) is 0.462. The number of carbonyl (C=O) groups is 2. The number of carboxylic acids is 1. The molecule has 1 amide bonds. The Morgan fingerprint density at radius 2 is 2.13 bits per heavy atom. The van der Waals surface area contributed by atoms with Crippen molar-refractivity contribution in [3.8, 4) is 0 Å². The molecule has 0 spiro atoms. The number of nitrogens with two attached hydrogens (primary N) is 2. The normalized spacial score (nSPS) is 18.7. The van der Waals surface area contributed by atoms with Gasteiger partial charge < -0.3 is 26.6 Å². The quantitative estimate of drug-likeness (QED) is 0.541. The number of aromatic carboxylic acids is 1. The lowest BCUT2D eigenvalue weighted by Crippen LogP contribution is -2.53. The van der Waals surface area contributed by atoms with Crippen molar-refractivity contribution in [2.24, 2.45) is 11.5 Å². The Morgan fingerprint density at radius 3 is 2.78 bits per heavy atom. The van der Waals surface area contributed by atoms with Crippen LogP contribution >= 0.6 is 0 Å². The van der Waals surface area contributed by atoms with Gasteiger partial charge in [-0.1, -0.05) is 0 Å². The predicted molar refractivity (Wildman–Crippen MR) is 82.3 cm³/mol. The van der Waals surface area contributed by atoms with Crippen LogP contribution in [0.1, 0.15) is 41.7 Å². The van der Waals surface area contributed by atoms with E-state index in [-0.39, 0.29) is 36.2 Å². The van der Waals surface area contributed by atoms with E-state index < -0.39 is 11.6 Å². The van der Waals surface area contributed by atoms with Gasteiger partial charge in [0.05, 0.1) is 30.3 Å². The van der Waals surface area contributed by atoms with Crippen LogP contribution in [0.5, 0.6) is 0 Å². The molecule has 0 aromatic carbocycles. The van der Waals surface area contributed by atoms with Gasteiger partial charge in [0.15, 0.2) is 0 Å². The van der Waals surface area contributed by atoms with Crippen molar-refractivity contribution in [1.82, 2.24) is 9.88 Å². The zero-order valence-electron chi connectivity index (χ0n) is 12.8. The van der Waals surface area contributed by atoms with Gasteiger partial charge in [-0.05, 0) is 31.4 Å². The fraction of sp³-hybridized carbons (Fsp3) is 0.533. The molecule has 0 radical (unpaired) electrons. The average Bonchev–Trinajstić information content (AvgIpc) is 2.54. The van der Waals surface area contributed by atoms with Crippen molar-refractivity contribution in [2.45, 2.75) is 37.4 Å². The van der Waals surface area contributed by atoms with E-state index in [1.807, 2.05) is 0 Å². The highest BCUT2D eigenvalue weighted by molar-refractivity contribution is 5.87. The average molecular weight is 322 g/mol. The van der Waals surface area contributed by atoms with E-state index in [0.717, 1.165) is 19.3 Å². The van der Waals surface area contributed by atoms with Gasteiger partial charge >= 0.3 is 5.97 Å². The van der Waals surface area contributed by atoms with Crippen molar-refractivity contribution in [2.75, 3.05) is 13.2 Å². The molecule has 8 nitrogen and oxygen atoms in total. The van der Waals surface area contributed by atoms with E-state index in [2.05, 4.69) is 4.98 Å². The topological polar surface area (TPSA) is 143 Å². The molecule has 1 fully saturated rings. The summed E-state index contributed by atoms with van der Waals surface area (Å²) in [6, 6.07) is 2.39. The van der Waals surface area contributed by atoms with Gasteiger partial charge in [-0.25, -0.2) is 4.79 Å². The third kappa shape index (κ3) is 4.04. The molecule has 1 aromatic heterocycles. The lowest BCUT2D eigenvalue weighted by atomic mass is 9.97. The number of carbonyl (C=O) groups excluding carboxylic acids is 1. The minimum Gasteiger partial charge on any atom is -0.478 e. The Kier molecular flexibility index (Phi) is 5.30. The fourth-order valence-corrected chi connectivity index (χ4v) is 2.78. The molecule has 0 bridgehead atoms. The predicted octanol–water partition coefficient (Wildman–Crippen LogP) is -0.386. The number of hydrogen-bond acceptors (Lipinski definition) is 6. The number of carboxylic acid groups (broad SMARTS) is 1. The standard InChI is InChI=1S/C15H22N4O4/c16-15(17,12-7-10(14(22)23)4-5-18-12)8-13(21)19-6-2-1-3-11(19)9-20/h4-5,7,11,20H,1-3,6,8-9,16-17H2,(H,22,23). The summed E-state index contributed by atoms with van der Waals surface area (Å²) in [6.07, 6.45) is 3.68. The highest BCUT2D eigenvalue weighted by Crippen LogP contribution is 2.22. The summed E-state index contributed by atoms with van der Waals surface area (Å²) < 4.78 is 0. The largest absolute Gasteiger partial charge is 0.478 e. The summed E-state index contributed by atoms with van der Waals surface area (Å²) >= 11 is 0. The second kappa shape index (κ2) is 7.03. The highest BCUT2D eigenvalue weighted by atomic mass is 16.4. The second-order valence-electron chi connectivity index (χ2n) is 5.87. The molecule has 8 heteroatoms. The molecule has 2 heterocycles. The van der Waals surface area contributed by atoms with Gasteiger partial charge in [-0.15, -0.1) is 0 Å². The zero-order chi connectivity index (χ0) is 17.0. The number of pyridine rings is 1. The van der Waals surface area contributed by atoms with Crippen LogP contribution in [-0.2, 0) is 10.5 Å². The number of likely N-dealkylation sites (tertiary alicyclic amines) is 1. The summed E-state index contributed by atoms with van der Waals surface area (Å²) in [4.78, 5) is 29.1. The van der Waals surface area contributed by atoms with Crippen LogP contribution < -0.4 is 11.5 Å². The highest BCUT2D eigenvalue weighted by Gasteiger charge is 2.33. The summed E-state index contributed by atoms with van der Waals surface area (Å²) in [5.74, 6) is -1.39. The van der Waals surface area contributed by atoms with Crippen molar-refractivity contribution in [3.05, 3.63) is 29.6 Å². The number of amides is 1. The van der Waals surface area contributed by atoms with Gasteiger partial charge in [-0.3, -0.25) is 9.78 Å². The van der Waals surface area contributed by atoms with Crippen LogP contribution in [0.2, 0.25) is 0 Å². The fourth-order valence-electron chi connectivity index (χ4n) is 2.78. The third-order valence-electron chi connectivity index (χ3n) is 4.09. The first-order valence-corrected chi connectivity index (χ1v) is 7.53. The summed E-state index contributed by atoms with van der Waals surface area (Å²) in [7, 11) is 0. The lowest BCUT2D eigenvalue weighted by molar-refractivity contribution is -0.137. The smallest absolute Gasteiger partial charge is 0.335 e. The lowest BCUT2D eigenvalue weighted by Gasteiger charge is -2.36. The zero-order valence-corrected chi connectivity index (χ0v) is 12.8. The van der Waals surface area contributed by atoms with E-state index >= 15 is 0 Å². The summed E-state index contributed by atoms with van der Waals surface area (Å²) in [5, 5.41) is 18.4. The Bertz CT molecular complexity index is 591. The van der Waals surface area contributed by atoms with Crippen molar-refractivity contribution in [3.63, 3.8) is 0 Å². The maximum Gasteiger partial charge on any atom is 0.335 e. The van der Waals surface area contributed by atoms with Gasteiger partial charge in [0, 0.05) is 12.7 Å². The van der Waals surface area contributed by atoms with Crippen molar-refractivity contribution < 1.29 is 19.8 Å². The van der Waals surface area contributed by atoms with Crippen LogP contribution in [0.4, 0.5) is 0 Å². The van der Waals surface area contributed by atoms with E-state index in [0.29, 0.717) is 6.54 Å². The number of rotatable bonds is 5. The van der Waals surface area contributed by atoms with Crippen LogP contribution in [0, 0.1) is 0 Å². The molecule has 1 unspecified atom stereocenters. The number of hydrogen-bond donors (Lipinski definition) is 4. The Labute approximate surface area is 134 Å². The maximum atomic E-state index is 12.5. The van der Waals surface area contributed by atoms with Gasteiger partial charge in [-0.2, -0.15) is 0 Å². The molecule has 0 saturated carbocycles. The Morgan fingerprint density at radius 1 is 1.39 bits per heavy atom. The second-order valence-corrected chi connectivity index (χ2v) is 5.87. The van der Waals surface area contributed by atoms with E-state index in [1.54, 1.807) is 4.90 Å². The minimum atomic E-state index is -1.57. The number of aromatic nitrogens is 1. The van der Waals surface area contributed by atoms with Crippen LogP contribution in [0.15, 0.2) is 18.3 Å². The van der Waals surface area contributed by atoms with Gasteiger partial charge in [0.1, 0.15) is 5.66 Å². The Hall–Kier alpha value is -2.03. The molecule has 1 aliphatic heterocycles. The van der Waals surface area contributed by atoms with Crippen LogP contribution in [0.3, 0.4) is 0 Å². The molecule has 6 N–H and O–H groups in total. The monoisotopic (exact) mass is 322 g/mol. The molecule has 1 aliphatic rings. The Balaban J connectivity index is 2.15. The number of nitrogens with zero attached hydrogens (tertiary/aromatic N) is 2. The first kappa shape index (κ1) is 17.3. The number of aliphatic hydroxyl groups excluding tert-OH is 1. The van der Waals surface area contributed by atoms with Crippen molar-refractivity contribution >= 4 is 11.9 Å². The maximum absolute atomic E-state index is 12.5. The SMILES string of the molecule is NC(N)(CC(=O)N1CCCCC1CO)c1cc(C(=O)O)ccn1. The molecular weight excluding hydrogens is 300 g/mol. The van der Waals surface area contributed by atoms with E-state index in [4.69, 9.17) is 16.6 Å². The summed E-state index contributed by atoms with van der Waals surface area (Å²) in [5.41, 5.74) is 10.6.